The number of likely N-dealkylation sites (N-methyl/N-ethyl adjacent to an activating group) is 1. The summed E-state index contributed by atoms with van der Waals surface area (Å²) in [5.41, 5.74) is 4.63. The van der Waals surface area contributed by atoms with Crippen LogP contribution in [0.15, 0.2) is 55.0 Å². The molecule has 0 bridgehead atoms. The summed E-state index contributed by atoms with van der Waals surface area (Å²) in [7, 11) is 1.75. The average Bonchev–Trinajstić information content (AvgIpc) is 3.50. The summed E-state index contributed by atoms with van der Waals surface area (Å²) in [6.45, 7) is 6.19. The minimum Gasteiger partial charge on any atom is -0.378 e. The van der Waals surface area contributed by atoms with E-state index in [1.54, 1.807) is 31.4 Å². The Morgan fingerprint density at radius 1 is 1.07 bits per heavy atom. The number of nitrogens with one attached hydrogen (secondary N) is 2. The lowest BCUT2D eigenvalue weighted by Gasteiger charge is -2.34. The molecular formula is C33H36N8O3. The zero-order chi connectivity index (χ0) is 30.5. The Morgan fingerprint density at radius 3 is 2.68 bits per heavy atom. The second-order valence-corrected chi connectivity index (χ2v) is 11.1. The molecule has 5 heterocycles. The van der Waals surface area contributed by atoms with Gasteiger partial charge in [0.25, 0.3) is 5.91 Å². The number of benzene rings is 1. The average molecular weight is 593 g/mol. The highest BCUT2D eigenvalue weighted by molar-refractivity contribution is 5.95. The number of anilines is 3. The molecule has 4 aromatic rings. The van der Waals surface area contributed by atoms with Crippen LogP contribution >= 0.6 is 0 Å². The van der Waals surface area contributed by atoms with Crippen LogP contribution in [0, 0.1) is 11.8 Å². The van der Waals surface area contributed by atoms with E-state index in [-0.39, 0.29) is 24.3 Å². The second kappa shape index (κ2) is 13.1. The number of ether oxygens (including phenoxy) is 1. The third-order valence-corrected chi connectivity index (χ3v) is 8.14. The van der Waals surface area contributed by atoms with Crippen LogP contribution in [-0.4, -0.2) is 84.2 Å². The molecule has 2 aliphatic heterocycles. The fourth-order valence-corrected chi connectivity index (χ4v) is 5.78. The molecule has 11 nitrogen and oxygen atoms in total. The normalized spacial score (nSPS) is 16.7. The van der Waals surface area contributed by atoms with Crippen LogP contribution in [0.4, 0.5) is 17.3 Å². The van der Waals surface area contributed by atoms with E-state index in [2.05, 4.69) is 53.0 Å². The zero-order valence-corrected chi connectivity index (χ0v) is 25.0. The summed E-state index contributed by atoms with van der Waals surface area (Å²) >= 11 is 0. The molecule has 0 aliphatic carbocycles. The third kappa shape index (κ3) is 6.50. The number of pyridine rings is 1. The Labute approximate surface area is 256 Å². The molecule has 1 aromatic carbocycles. The fourth-order valence-electron chi connectivity index (χ4n) is 5.78. The van der Waals surface area contributed by atoms with Crippen LogP contribution in [0.1, 0.15) is 25.3 Å². The van der Waals surface area contributed by atoms with E-state index in [1.165, 1.54) is 0 Å². The summed E-state index contributed by atoms with van der Waals surface area (Å²) in [6.07, 6.45) is 5.43. The number of piperidine rings is 1. The summed E-state index contributed by atoms with van der Waals surface area (Å²) in [5, 5.41) is 3.97. The van der Waals surface area contributed by atoms with Gasteiger partial charge in [0, 0.05) is 62.9 Å². The van der Waals surface area contributed by atoms with E-state index in [0.29, 0.717) is 25.6 Å². The van der Waals surface area contributed by atoms with E-state index in [4.69, 9.17) is 4.74 Å². The zero-order valence-electron chi connectivity index (χ0n) is 25.0. The van der Waals surface area contributed by atoms with Gasteiger partial charge in [-0.2, -0.15) is 0 Å². The number of hydrogen-bond donors (Lipinski definition) is 2. The molecule has 11 heteroatoms. The molecule has 1 unspecified atom stereocenters. The van der Waals surface area contributed by atoms with E-state index < -0.39 is 0 Å². The Morgan fingerprint density at radius 2 is 1.89 bits per heavy atom. The smallest absolute Gasteiger partial charge is 0.296 e. The van der Waals surface area contributed by atoms with E-state index in [0.717, 1.165) is 71.8 Å². The minimum atomic E-state index is -0.248. The maximum Gasteiger partial charge on any atom is 0.296 e. The van der Waals surface area contributed by atoms with Crippen molar-refractivity contribution >= 4 is 40.2 Å². The van der Waals surface area contributed by atoms with Gasteiger partial charge in [0.15, 0.2) is 0 Å². The van der Waals surface area contributed by atoms with Crippen molar-refractivity contribution in [3.63, 3.8) is 0 Å². The van der Waals surface area contributed by atoms with Crippen molar-refractivity contribution in [2.45, 2.75) is 32.2 Å². The van der Waals surface area contributed by atoms with Crippen LogP contribution in [0.3, 0.4) is 0 Å². The SMILES string of the molecule is CC#CC(=O)NC1CCCN(c2ccnc(N(C)C(=O)Cc3ccc(-c4cc5c(N6CCOCC6)ncnc5[nH]4)cc3)c2)C1. The van der Waals surface area contributed by atoms with Gasteiger partial charge in [-0.1, -0.05) is 30.2 Å². The van der Waals surface area contributed by atoms with Crippen molar-refractivity contribution in [3.8, 4) is 23.1 Å². The molecule has 3 aromatic heterocycles. The third-order valence-electron chi connectivity index (χ3n) is 8.14. The lowest BCUT2D eigenvalue weighted by molar-refractivity contribution is -0.118. The fraction of sp³-hybridized carbons (Fsp3) is 0.364. The molecule has 1 atom stereocenters. The van der Waals surface area contributed by atoms with Crippen molar-refractivity contribution in [2.75, 3.05) is 61.1 Å². The van der Waals surface area contributed by atoms with Gasteiger partial charge in [-0.15, -0.1) is 0 Å². The van der Waals surface area contributed by atoms with Crippen LogP contribution in [0.2, 0.25) is 0 Å². The van der Waals surface area contributed by atoms with E-state index >= 15 is 0 Å². The van der Waals surface area contributed by atoms with Crippen molar-refractivity contribution in [3.05, 3.63) is 60.6 Å². The monoisotopic (exact) mass is 592 g/mol. The van der Waals surface area contributed by atoms with Crippen LogP contribution < -0.4 is 20.0 Å². The van der Waals surface area contributed by atoms with Gasteiger partial charge in [-0.25, -0.2) is 15.0 Å². The highest BCUT2D eigenvalue weighted by atomic mass is 16.5. The Hall–Kier alpha value is -4.95. The van der Waals surface area contributed by atoms with Crippen molar-refractivity contribution in [2.24, 2.45) is 0 Å². The summed E-state index contributed by atoms with van der Waals surface area (Å²) < 4.78 is 5.50. The van der Waals surface area contributed by atoms with Crippen molar-refractivity contribution in [1.29, 1.82) is 0 Å². The largest absolute Gasteiger partial charge is 0.378 e. The first-order valence-electron chi connectivity index (χ1n) is 14.9. The summed E-state index contributed by atoms with van der Waals surface area (Å²) in [6, 6.07) is 14.0. The topological polar surface area (TPSA) is 120 Å². The summed E-state index contributed by atoms with van der Waals surface area (Å²) in [4.78, 5) is 48.1. The lowest BCUT2D eigenvalue weighted by atomic mass is 10.0. The molecule has 0 saturated carbocycles. The van der Waals surface area contributed by atoms with Crippen LogP contribution in [0.25, 0.3) is 22.3 Å². The Balaban J connectivity index is 1.10. The molecule has 0 radical (unpaired) electrons. The molecule has 2 N–H and O–H groups in total. The first-order chi connectivity index (χ1) is 21.5. The van der Waals surface area contributed by atoms with Gasteiger partial charge in [0.1, 0.15) is 23.6 Å². The standard InChI is InChI=1S/C33H36N8O3/c1-3-5-30(42)37-25-6-4-13-41(21-25)26-11-12-34-29(19-26)39(2)31(43)18-23-7-9-24(10-8-23)28-20-27-32(38-28)35-22-36-33(27)40-14-16-44-17-15-40/h7-12,19-20,22,25H,4,6,13-18,21H2,1-2H3,(H,37,42)(H,35,36,38). The highest BCUT2D eigenvalue weighted by Crippen LogP contribution is 2.29. The van der Waals surface area contributed by atoms with E-state index in [1.807, 2.05) is 36.4 Å². The number of morpholine rings is 1. The first kappa shape index (κ1) is 29.1. The number of hydrogen-bond acceptors (Lipinski definition) is 8. The molecule has 2 amide bonds. The Kier molecular flexibility index (Phi) is 8.70. The van der Waals surface area contributed by atoms with Gasteiger partial charge in [0.2, 0.25) is 5.91 Å². The molecule has 2 saturated heterocycles. The molecular weight excluding hydrogens is 556 g/mol. The number of carbonyl (C=O) groups is 2. The molecule has 0 spiro atoms. The maximum absolute atomic E-state index is 13.3. The molecule has 2 fully saturated rings. The van der Waals surface area contributed by atoms with Gasteiger partial charge in [0.05, 0.1) is 25.0 Å². The molecule has 226 valence electrons. The highest BCUT2D eigenvalue weighted by Gasteiger charge is 2.23. The Bertz CT molecular complexity index is 1700. The number of aromatic amines is 1. The first-order valence-corrected chi connectivity index (χ1v) is 14.9. The molecule has 6 rings (SSSR count). The molecule has 2 aliphatic rings. The van der Waals surface area contributed by atoms with Gasteiger partial charge in [-0.3, -0.25) is 14.5 Å². The maximum atomic E-state index is 13.3. The minimum absolute atomic E-state index is 0.0279. The number of nitrogens with zero attached hydrogens (tertiary/aromatic N) is 6. The predicted molar refractivity (Wildman–Crippen MR) is 171 cm³/mol. The van der Waals surface area contributed by atoms with Crippen LogP contribution in [-0.2, 0) is 20.7 Å². The van der Waals surface area contributed by atoms with Gasteiger partial charge in [-0.05, 0) is 48.9 Å². The van der Waals surface area contributed by atoms with Crippen LogP contribution in [0.5, 0.6) is 0 Å². The second-order valence-electron chi connectivity index (χ2n) is 11.1. The number of carbonyl (C=O) groups excluding carboxylic acids is 2. The van der Waals surface area contributed by atoms with Crippen molar-refractivity contribution < 1.29 is 14.3 Å². The van der Waals surface area contributed by atoms with Gasteiger partial charge >= 0.3 is 0 Å². The predicted octanol–water partition coefficient (Wildman–Crippen LogP) is 3.17. The number of rotatable bonds is 7. The van der Waals surface area contributed by atoms with Gasteiger partial charge < -0.3 is 24.8 Å². The number of amides is 2. The van der Waals surface area contributed by atoms with E-state index in [9.17, 15) is 9.59 Å². The quantitative estimate of drug-likeness (QED) is 0.314. The number of H-pyrrole nitrogens is 1. The number of aromatic nitrogens is 4. The van der Waals surface area contributed by atoms with Crippen molar-refractivity contribution in [1.82, 2.24) is 25.3 Å². The number of fused-ring (bicyclic) bond motifs is 1. The summed E-state index contributed by atoms with van der Waals surface area (Å²) in [5.74, 6) is 6.39. The lowest BCUT2D eigenvalue weighted by Crippen LogP contribution is -2.47. The molecule has 44 heavy (non-hydrogen) atoms.